The number of hydrogen-bond donors (Lipinski definition) is 1. The van der Waals surface area contributed by atoms with Gasteiger partial charge in [0.1, 0.15) is 0 Å². The van der Waals surface area contributed by atoms with E-state index in [-0.39, 0.29) is 0 Å². The summed E-state index contributed by atoms with van der Waals surface area (Å²) >= 11 is 0. The molecule has 3 unspecified atom stereocenters. The van der Waals surface area contributed by atoms with Crippen LogP contribution in [0.15, 0.2) is 0 Å². The first kappa shape index (κ1) is 11.4. The SMILES string of the molecule is CC1CCCNC1CN1CCOCC1C. The molecule has 0 aromatic heterocycles. The van der Waals surface area contributed by atoms with Crippen LogP contribution in [0.1, 0.15) is 26.7 Å². The fourth-order valence-electron chi connectivity index (χ4n) is 2.64. The molecule has 0 saturated carbocycles. The lowest BCUT2D eigenvalue weighted by atomic mass is 9.92. The van der Waals surface area contributed by atoms with Gasteiger partial charge in [0.25, 0.3) is 0 Å². The number of nitrogens with one attached hydrogen (secondary N) is 1. The summed E-state index contributed by atoms with van der Waals surface area (Å²) in [5.41, 5.74) is 0. The summed E-state index contributed by atoms with van der Waals surface area (Å²) in [6.07, 6.45) is 2.73. The first-order valence-corrected chi connectivity index (χ1v) is 6.32. The van der Waals surface area contributed by atoms with E-state index >= 15 is 0 Å². The second-order valence-electron chi connectivity index (χ2n) is 5.10. The van der Waals surface area contributed by atoms with Crippen LogP contribution in [0.5, 0.6) is 0 Å². The summed E-state index contributed by atoms with van der Waals surface area (Å²) in [5, 5.41) is 3.65. The molecule has 2 rings (SSSR count). The Balaban J connectivity index is 1.83. The summed E-state index contributed by atoms with van der Waals surface area (Å²) in [7, 11) is 0. The molecule has 2 aliphatic heterocycles. The molecular weight excluding hydrogens is 188 g/mol. The van der Waals surface area contributed by atoms with E-state index in [2.05, 4.69) is 24.1 Å². The second kappa shape index (κ2) is 5.28. The molecule has 1 N–H and O–H groups in total. The molecule has 0 aromatic carbocycles. The quantitative estimate of drug-likeness (QED) is 0.742. The molecule has 3 heteroatoms. The van der Waals surface area contributed by atoms with Crippen LogP contribution in [-0.4, -0.2) is 49.8 Å². The van der Waals surface area contributed by atoms with Crippen molar-refractivity contribution >= 4 is 0 Å². The summed E-state index contributed by atoms with van der Waals surface area (Å²) in [6, 6.07) is 1.29. The fraction of sp³-hybridized carbons (Fsp3) is 1.00. The van der Waals surface area contributed by atoms with Crippen molar-refractivity contribution in [2.75, 3.05) is 32.8 Å². The topological polar surface area (TPSA) is 24.5 Å². The molecule has 3 atom stereocenters. The van der Waals surface area contributed by atoms with Gasteiger partial charge in [0, 0.05) is 25.2 Å². The molecule has 2 aliphatic rings. The molecule has 0 spiro atoms. The van der Waals surface area contributed by atoms with E-state index in [1.165, 1.54) is 25.9 Å². The number of nitrogens with zero attached hydrogens (tertiary/aromatic N) is 1. The van der Waals surface area contributed by atoms with Gasteiger partial charge in [-0.05, 0) is 32.2 Å². The standard InChI is InChI=1S/C12H24N2O/c1-10-4-3-5-13-12(10)8-14-6-7-15-9-11(14)2/h10-13H,3-9H2,1-2H3. The van der Waals surface area contributed by atoms with E-state index in [0.29, 0.717) is 12.1 Å². The Kier molecular flexibility index (Phi) is 4.00. The zero-order valence-electron chi connectivity index (χ0n) is 10.0. The van der Waals surface area contributed by atoms with E-state index in [1.54, 1.807) is 0 Å². The third kappa shape index (κ3) is 2.92. The van der Waals surface area contributed by atoms with Gasteiger partial charge in [-0.3, -0.25) is 4.90 Å². The number of rotatable bonds is 2. The predicted octanol–water partition coefficient (Wildman–Crippen LogP) is 1.10. The van der Waals surface area contributed by atoms with Crippen molar-refractivity contribution in [2.45, 2.75) is 38.8 Å². The minimum absolute atomic E-state index is 0.592. The molecule has 0 aliphatic carbocycles. The maximum atomic E-state index is 5.47. The van der Waals surface area contributed by atoms with Crippen molar-refractivity contribution in [3.8, 4) is 0 Å². The third-order valence-electron chi connectivity index (χ3n) is 3.87. The lowest BCUT2D eigenvalue weighted by Crippen LogP contribution is -2.53. The molecule has 15 heavy (non-hydrogen) atoms. The molecule has 2 heterocycles. The molecule has 88 valence electrons. The predicted molar refractivity (Wildman–Crippen MR) is 62.0 cm³/mol. The highest BCUT2D eigenvalue weighted by Crippen LogP contribution is 2.18. The van der Waals surface area contributed by atoms with Gasteiger partial charge in [-0.15, -0.1) is 0 Å². The smallest absolute Gasteiger partial charge is 0.0619 e. The van der Waals surface area contributed by atoms with E-state index in [1.807, 2.05) is 0 Å². The number of piperidine rings is 1. The van der Waals surface area contributed by atoms with Gasteiger partial charge in [0.15, 0.2) is 0 Å². The van der Waals surface area contributed by atoms with Crippen LogP contribution in [0.2, 0.25) is 0 Å². The van der Waals surface area contributed by atoms with Crippen molar-refractivity contribution < 1.29 is 4.74 Å². The van der Waals surface area contributed by atoms with E-state index in [9.17, 15) is 0 Å². The van der Waals surface area contributed by atoms with Gasteiger partial charge in [0.05, 0.1) is 13.2 Å². The van der Waals surface area contributed by atoms with Crippen LogP contribution in [0.25, 0.3) is 0 Å². The summed E-state index contributed by atoms with van der Waals surface area (Å²) in [4.78, 5) is 2.57. The molecular formula is C12H24N2O. The van der Waals surface area contributed by atoms with Crippen LogP contribution in [-0.2, 0) is 4.74 Å². The second-order valence-corrected chi connectivity index (χ2v) is 5.10. The van der Waals surface area contributed by atoms with Crippen LogP contribution < -0.4 is 5.32 Å². The Morgan fingerprint density at radius 3 is 3.00 bits per heavy atom. The minimum atomic E-state index is 0.592. The monoisotopic (exact) mass is 212 g/mol. The Bertz CT molecular complexity index is 178. The van der Waals surface area contributed by atoms with Crippen molar-refractivity contribution in [3.05, 3.63) is 0 Å². The molecule has 3 nitrogen and oxygen atoms in total. The van der Waals surface area contributed by atoms with Crippen LogP contribution in [0.4, 0.5) is 0 Å². The van der Waals surface area contributed by atoms with Gasteiger partial charge in [-0.25, -0.2) is 0 Å². The molecule has 2 saturated heterocycles. The zero-order valence-corrected chi connectivity index (χ0v) is 10.0. The lowest BCUT2D eigenvalue weighted by molar-refractivity contribution is -0.00841. The first-order valence-electron chi connectivity index (χ1n) is 6.32. The normalized spacial score (nSPS) is 39.2. The average Bonchev–Trinajstić information content (AvgIpc) is 2.24. The van der Waals surface area contributed by atoms with Crippen molar-refractivity contribution in [1.29, 1.82) is 0 Å². The van der Waals surface area contributed by atoms with Gasteiger partial charge in [-0.1, -0.05) is 6.92 Å². The van der Waals surface area contributed by atoms with Crippen molar-refractivity contribution in [1.82, 2.24) is 10.2 Å². The summed E-state index contributed by atoms with van der Waals surface area (Å²) < 4.78 is 5.47. The Morgan fingerprint density at radius 1 is 1.40 bits per heavy atom. The average molecular weight is 212 g/mol. The van der Waals surface area contributed by atoms with Gasteiger partial charge >= 0.3 is 0 Å². The van der Waals surface area contributed by atoms with Crippen LogP contribution >= 0.6 is 0 Å². The van der Waals surface area contributed by atoms with Gasteiger partial charge in [0.2, 0.25) is 0 Å². The third-order valence-corrected chi connectivity index (χ3v) is 3.87. The highest BCUT2D eigenvalue weighted by atomic mass is 16.5. The van der Waals surface area contributed by atoms with E-state index in [0.717, 1.165) is 25.7 Å². The molecule has 0 aromatic rings. The zero-order chi connectivity index (χ0) is 10.7. The number of hydrogen-bond acceptors (Lipinski definition) is 3. The highest BCUT2D eigenvalue weighted by Gasteiger charge is 2.26. The first-order chi connectivity index (χ1) is 7.27. The fourth-order valence-corrected chi connectivity index (χ4v) is 2.64. The van der Waals surface area contributed by atoms with E-state index < -0.39 is 0 Å². The molecule has 0 amide bonds. The minimum Gasteiger partial charge on any atom is -0.379 e. The van der Waals surface area contributed by atoms with E-state index in [4.69, 9.17) is 4.74 Å². The summed E-state index contributed by atoms with van der Waals surface area (Å²) in [6.45, 7) is 9.96. The van der Waals surface area contributed by atoms with Crippen LogP contribution in [0, 0.1) is 5.92 Å². The van der Waals surface area contributed by atoms with Crippen LogP contribution in [0.3, 0.4) is 0 Å². The molecule has 0 radical (unpaired) electrons. The van der Waals surface area contributed by atoms with Crippen molar-refractivity contribution in [2.24, 2.45) is 5.92 Å². The molecule has 2 fully saturated rings. The Morgan fingerprint density at radius 2 is 2.27 bits per heavy atom. The maximum Gasteiger partial charge on any atom is 0.0619 e. The highest BCUT2D eigenvalue weighted by molar-refractivity contribution is 4.84. The maximum absolute atomic E-state index is 5.47. The largest absolute Gasteiger partial charge is 0.379 e. The number of morpholine rings is 1. The Hall–Kier alpha value is -0.120. The summed E-state index contributed by atoms with van der Waals surface area (Å²) in [5.74, 6) is 0.828. The molecule has 0 bridgehead atoms. The van der Waals surface area contributed by atoms with Gasteiger partial charge in [-0.2, -0.15) is 0 Å². The Labute approximate surface area is 93.2 Å². The van der Waals surface area contributed by atoms with Crippen molar-refractivity contribution in [3.63, 3.8) is 0 Å². The number of ether oxygens (including phenoxy) is 1. The van der Waals surface area contributed by atoms with Gasteiger partial charge < -0.3 is 10.1 Å². The lowest BCUT2D eigenvalue weighted by Gasteiger charge is -2.39.